The number of rotatable bonds is 4. The van der Waals surface area contributed by atoms with Crippen molar-refractivity contribution in [3.05, 3.63) is 0 Å². The molecule has 0 saturated heterocycles. The van der Waals surface area contributed by atoms with Crippen LogP contribution < -0.4 is 5.32 Å². The summed E-state index contributed by atoms with van der Waals surface area (Å²) in [7, 11) is 0. The second-order valence-corrected chi connectivity index (χ2v) is 2.19. The Hall–Kier alpha value is -0.120. The van der Waals surface area contributed by atoms with E-state index >= 15 is 0 Å². The summed E-state index contributed by atoms with van der Waals surface area (Å²) in [6.07, 6.45) is 0.341. The molecule has 0 amide bonds. The first-order valence-electron chi connectivity index (χ1n) is 3.24. The van der Waals surface area contributed by atoms with Crippen LogP contribution in [0.4, 0.5) is 0 Å². The molecule has 0 aliphatic rings. The van der Waals surface area contributed by atoms with E-state index in [1.807, 2.05) is 13.8 Å². The van der Waals surface area contributed by atoms with Crippen LogP contribution in [0.1, 0.15) is 20.3 Å². The summed E-state index contributed by atoms with van der Waals surface area (Å²) in [6.45, 7) is 3.76. The van der Waals surface area contributed by atoms with E-state index in [9.17, 15) is 0 Å². The van der Waals surface area contributed by atoms with Gasteiger partial charge in [0.2, 0.25) is 0 Å². The molecule has 0 aliphatic heterocycles. The lowest BCUT2D eigenvalue weighted by Gasteiger charge is -2.16. The lowest BCUT2D eigenvalue weighted by atomic mass is 10.1. The van der Waals surface area contributed by atoms with E-state index in [1.165, 1.54) is 0 Å². The van der Waals surface area contributed by atoms with Gasteiger partial charge in [0.15, 0.2) is 0 Å². The second kappa shape index (κ2) is 4.73. The van der Waals surface area contributed by atoms with Gasteiger partial charge in [0.05, 0.1) is 6.73 Å². The summed E-state index contributed by atoms with van der Waals surface area (Å²) in [5, 5.41) is 19.9. The normalized spacial score (nSPS) is 17.3. The first kappa shape index (κ1) is 8.88. The zero-order valence-corrected chi connectivity index (χ0v) is 5.96. The Morgan fingerprint density at radius 2 is 2.11 bits per heavy atom. The van der Waals surface area contributed by atoms with Crippen LogP contribution in [0.25, 0.3) is 0 Å². The molecule has 3 heteroatoms. The van der Waals surface area contributed by atoms with Crippen LogP contribution in [0.3, 0.4) is 0 Å². The third-order valence-electron chi connectivity index (χ3n) is 1.48. The summed E-state index contributed by atoms with van der Waals surface area (Å²) in [6, 6.07) is 0. The molecule has 0 aromatic heterocycles. The van der Waals surface area contributed by atoms with Gasteiger partial charge in [0.25, 0.3) is 0 Å². The van der Waals surface area contributed by atoms with Crippen LogP contribution >= 0.6 is 0 Å². The maximum absolute atomic E-state index is 9.05. The standard InChI is InChI=1S/C6H15NO2/c1-3-5(2)6(9)7-4-8/h5-9H,3-4H2,1-2H3. The monoisotopic (exact) mass is 133 g/mol. The summed E-state index contributed by atoms with van der Waals surface area (Å²) in [5.74, 6) is 0.206. The lowest BCUT2D eigenvalue weighted by Crippen LogP contribution is -2.34. The Morgan fingerprint density at radius 3 is 2.44 bits per heavy atom. The quantitative estimate of drug-likeness (QED) is 0.469. The van der Waals surface area contributed by atoms with Gasteiger partial charge < -0.3 is 10.2 Å². The summed E-state index contributed by atoms with van der Waals surface area (Å²) in [4.78, 5) is 0. The van der Waals surface area contributed by atoms with Gasteiger partial charge in [-0.05, 0) is 12.3 Å². The van der Waals surface area contributed by atoms with Crippen molar-refractivity contribution in [1.82, 2.24) is 5.32 Å². The first-order chi connectivity index (χ1) is 4.22. The van der Waals surface area contributed by atoms with Crippen molar-refractivity contribution in [3.8, 4) is 0 Å². The fraction of sp³-hybridized carbons (Fsp3) is 1.00. The molecule has 0 aromatic rings. The molecule has 3 nitrogen and oxygen atoms in total. The number of aliphatic hydroxyl groups excluding tert-OH is 2. The van der Waals surface area contributed by atoms with Crippen LogP contribution in [0.5, 0.6) is 0 Å². The molecule has 2 unspecified atom stereocenters. The van der Waals surface area contributed by atoms with Crippen molar-refractivity contribution >= 4 is 0 Å². The minimum absolute atomic E-state index is 0.161. The van der Waals surface area contributed by atoms with E-state index in [4.69, 9.17) is 10.2 Å². The van der Waals surface area contributed by atoms with Crippen molar-refractivity contribution in [2.24, 2.45) is 5.92 Å². The minimum Gasteiger partial charge on any atom is -0.381 e. The molecule has 56 valence electrons. The average molecular weight is 133 g/mol. The van der Waals surface area contributed by atoms with Gasteiger partial charge in [-0.1, -0.05) is 13.8 Å². The first-order valence-corrected chi connectivity index (χ1v) is 3.24. The average Bonchev–Trinajstić information content (AvgIpc) is 1.87. The van der Waals surface area contributed by atoms with Gasteiger partial charge >= 0.3 is 0 Å². The molecule has 0 heterocycles. The Labute approximate surface area is 55.7 Å². The Kier molecular flexibility index (Phi) is 4.67. The van der Waals surface area contributed by atoms with Crippen LogP contribution in [-0.4, -0.2) is 23.2 Å². The molecule has 0 spiro atoms. The van der Waals surface area contributed by atoms with Crippen LogP contribution in [0, 0.1) is 5.92 Å². The molecule has 9 heavy (non-hydrogen) atoms. The van der Waals surface area contributed by atoms with Gasteiger partial charge in [0, 0.05) is 0 Å². The lowest BCUT2D eigenvalue weighted by molar-refractivity contribution is 0.0530. The maximum atomic E-state index is 9.05. The molecule has 0 radical (unpaired) electrons. The minimum atomic E-state index is -0.569. The van der Waals surface area contributed by atoms with Crippen molar-refractivity contribution in [2.45, 2.75) is 26.5 Å². The van der Waals surface area contributed by atoms with Crippen molar-refractivity contribution < 1.29 is 10.2 Å². The SMILES string of the molecule is CCC(C)C(O)NCO. The Bertz CT molecular complexity index is 68.1. The molecule has 3 N–H and O–H groups in total. The van der Waals surface area contributed by atoms with Gasteiger partial charge in [-0.25, -0.2) is 0 Å². The van der Waals surface area contributed by atoms with E-state index in [0.717, 1.165) is 6.42 Å². The van der Waals surface area contributed by atoms with Crippen molar-refractivity contribution in [2.75, 3.05) is 6.73 Å². The van der Waals surface area contributed by atoms with Crippen LogP contribution in [-0.2, 0) is 0 Å². The molecular weight excluding hydrogens is 118 g/mol. The van der Waals surface area contributed by atoms with E-state index in [0.29, 0.717) is 0 Å². The topological polar surface area (TPSA) is 52.5 Å². The molecule has 0 fully saturated rings. The number of aliphatic hydroxyl groups is 2. The van der Waals surface area contributed by atoms with E-state index < -0.39 is 6.23 Å². The molecule has 0 saturated carbocycles. The second-order valence-electron chi connectivity index (χ2n) is 2.19. The molecule has 0 aromatic carbocycles. The van der Waals surface area contributed by atoms with Gasteiger partial charge in [-0.15, -0.1) is 0 Å². The predicted octanol–water partition coefficient (Wildman–Crippen LogP) is -0.110. The number of hydrogen-bond donors (Lipinski definition) is 3. The molecule has 2 atom stereocenters. The van der Waals surface area contributed by atoms with Crippen molar-refractivity contribution in [3.63, 3.8) is 0 Å². The number of nitrogens with one attached hydrogen (secondary N) is 1. The van der Waals surface area contributed by atoms with Gasteiger partial charge in [-0.2, -0.15) is 0 Å². The molecular formula is C6H15NO2. The van der Waals surface area contributed by atoms with E-state index in [1.54, 1.807) is 0 Å². The highest BCUT2D eigenvalue weighted by Crippen LogP contribution is 2.03. The summed E-state index contributed by atoms with van der Waals surface area (Å²) >= 11 is 0. The smallest absolute Gasteiger partial charge is 0.109 e. The zero-order valence-electron chi connectivity index (χ0n) is 5.96. The predicted molar refractivity (Wildman–Crippen MR) is 35.7 cm³/mol. The van der Waals surface area contributed by atoms with Crippen LogP contribution in [0.15, 0.2) is 0 Å². The molecule has 0 aliphatic carbocycles. The summed E-state index contributed by atoms with van der Waals surface area (Å²) in [5.41, 5.74) is 0. The third-order valence-corrected chi connectivity index (χ3v) is 1.48. The zero-order chi connectivity index (χ0) is 7.28. The highest BCUT2D eigenvalue weighted by atomic mass is 16.3. The fourth-order valence-corrected chi connectivity index (χ4v) is 0.518. The third kappa shape index (κ3) is 3.46. The van der Waals surface area contributed by atoms with Crippen molar-refractivity contribution in [1.29, 1.82) is 0 Å². The van der Waals surface area contributed by atoms with E-state index in [-0.39, 0.29) is 12.6 Å². The fourth-order valence-electron chi connectivity index (χ4n) is 0.518. The Morgan fingerprint density at radius 1 is 1.56 bits per heavy atom. The Balaban J connectivity index is 3.32. The van der Waals surface area contributed by atoms with E-state index in [2.05, 4.69) is 5.32 Å². The highest BCUT2D eigenvalue weighted by Gasteiger charge is 2.08. The molecule has 0 rings (SSSR count). The summed E-state index contributed by atoms with van der Waals surface area (Å²) < 4.78 is 0. The molecule has 0 bridgehead atoms. The number of hydrogen-bond acceptors (Lipinski definition) is 3. The van der Waals surface area contributed by atoms with Gasteiger partial charge in [0.1, 0.15) is 6.23 Å². The maximum Gasteiger partial charge on any atom is 0.109 e. The highest BCUT2D eigenvalue weighted by molar-refractivity contribution is 4.57. The van der Waals surface area contributed by atoms with Crippen LogP contribution in [0.2, 0.25) is 0 Å². The van der Waals surface area contributed by atoms with Gasteiger partial charge in [-0.3, -0.25) is 5.32 Å². The largest absolute Gasteiger partial charge is 0.381 e.